The molecule has 0 aromatic rings. The van der Waals surface area contributed by atoms with Crippen LogP contribution in [0.4, 0.5) is 0 Å². The molecular formula is C17H26P2. The van der Waals surface area contributed by atoms with E-state index >= 15 is 0 Å². The number of hydrogen-bond donors (Lipinski definition) is 0. The van der Waals surface area contributed by atoms with Crippen LogP contribution in [0.3, 0.4) is 0 Å². The van der Waals surface area contributed by atoms with E-state index in [1.54, 1.807) is 32.9 Å². The minimum Gasteiger partial charge on any atom is -0.0899 e. The lowest BCUT2D eigenvalue weighted by atomic mass is 9.83. The quantitative estimate of drug-likeness (QED) is 0.558. The first-order chi connectivity index (χ1) is 8.61. The van der Waals surface area contributed by atoms with E-state index in [0.717, 1.165) is 0 Å². The summed E-state index contributed by atoms with van der Waals surface area (Å²) < 4.78 is 0. The molecule has 104 valence electrons. The van der Waals surface area contributed by atoms with Crippen LogP contribution in [0.1, 0.15) is 61.8 Å². The van der Waals surface area contributed by atoms with Crippen LogP contribution < -0.4 is 0 Å². The van der Waals surface area contributed by atoms with Gasteiger partial charge in [-0.1, -0.05) is 27.6 Å². The minimum atomic E-state index is 0.335. The predicted molar refractivity (Wildman–Crippen MR) is 93.4 cm³/mol. The summed E-state index contributed by atoms with van der Waals surface area (Å²) >= 11 is 0. The molecule has 2 heteroatoms. The van der Waals surface area contributed by atoms with Crippen LogP contribution in [0.15, 0.2) is 22.3 Å². The molecule has 0 saturated carbocycles. The van der Waals surface area contributed by atoms with Crippen molar-refractivity contribution in [2.45, 2.75) is 72.1 Å². The van der Waals surface area contributed by atoms with Crippen LogP contribution in [0, 0.1) is 0 Å². The van der Waals surface area contributed by atoms with Crippen molar-refractivity contribution < 1.29 is 0 Å². The third-order valence-electron chi connectivity index (χ3n) is 5.34. The van der Waals surface area contributed by atoms with Gasteiger partial charge < -0.3 is 0 Å². The Balaban J connectivity index is 2.40. The molecule has 2 heterocycles. The number of hydrogen-bond acceptors (Lipinski definition) is 0. The lowest BCUT2D eigenvalue weighted by Crippen LogP contribution is -2.30. The van der Waals surface area contributed by atoms with Gasteiger partial charge in [-0.15, -0.1) is 0 Å². The van der Waals surface area contributed by atoms with Gasteiger partial charge >= 0.3 is 0 Å². The Morgan fingerprint density at radius 2 is 1.00 bits per heavy atom. The first-order valence-electron chi connectivity index (χ1n) is 7.10. The summed E-state index contributed by atoms with van der Waals surface area (Å²) in [5, 5.41) is 3.80. The lowest BCUT2D eigenvalue weighted by Gasteiger charge is -2.34. The van der Waals surface area contributed by atoms with E-state index in [4.69, 9.17) is 0 Å². The monoisotopic (exact) mass is 292 g/mol. The van der Waals surface area contributed by atoms with Crippen molar-refractivity contribution >= 4 is 27.0 Å². The van der Waals surface area contributed by atoms with Crippen LogP contribution >= 0.6 is 16.4 Å². The molecule has 0 nitrogen and oxygen atoms in total. The second-order valence-corrected chi connectivity index (χ2v) is 10.4. The smallest absolute Gasteiger partial charge is 0.0322 e. The molecule has 0 radical (unpaired) electrons. The van der Waals surface area contributed by atoms with E-state index in [0.29, 0.717) is 10.3 Å². The second-order valence-electron chi connectivity index (χ2n) is 6.62. The molecule has 0 aliphatic carbocycles. The van der Waals surface area contributed by atoms with Crippen LogP contribution in [0.5, 0.6) is 0 Å². The molecule has 0 amide bonds. The molecule has 2 atom stereocenters. The van der Waals surface area contributed by atoms with Gasteiger partial charge in [-0.05, 0) is 83.5 Å². The Kier molecular flexibility index (Phi) is 3.75. The Hall–Kier alpha value is -0.180. The van der Waals surface area contributed by atoms with Gasteiger partial charge in [0.05, 0.1) is 0 Å². The molecule has 19 heavy (non-hydrogen) atoms. The zero-order chi connectivity index (χ0) is 14.6. The molecule has 2 unspecified atom stereocenters. The van der Waals surface area contributed by atoms with E-state index < -0.39 is 0 Å². The highest BCUT2D eigenvalue weighted by atomic mass is 31.1. The summed E-state index contributed by atoms with van der Waals surface area (Å²) in [5.41, 5.74) is 6.30. The Morgan fingerprint density at radius 3 is 1.21 bits per heavy atom. The zero-order valence-corrected chi connectivity index (χ0v) is 15.4. The Morgan fingerprint density at radius 1 is 0.684 bits per heavy atom. The molecule has 0 saturated heterocycles. The molecule has 0 bridgehead atoms. The standard InChI is InChI=1S/C17H26P2/c1-10-12(3)16(7,18-14(10)5)9-17(8)13(4)11(2)15(6)19-17/h9H2,1-8H3. The molecule has 2 aliphatic rings. The van der Waals surface area contributed by atoms with Gasteiger partial charge in [-0.25, -0.2) is 0 Å². The fourth-order valence-corrected chi connectivity index (χ4v) is 7.18. The van der Waals surface area contributed by atoms with Crippen LogP contribution in [0.25, 0.3) is 0 Å². The third kappa shape index (κ3) is 2.32. The minimum absolute atomic E-state index is 0.335. The van der Waals surface area contributed by atoms with Crippen molar-refractivity contribution in [3.63, 3.8) is 0 Å². The normalized spacial score (nSPS) is 36.8. The maximum Gasteiger partial charge on any atom is 0.0322 e. The van der Waals surface area contributed by atoms with Crippen molar-refractivity contribution in [3.8, 4) is 0 Å². The van der Waals surface area contributed by atoms with E-state index in [1.807, 2.05) is 0 Å². The van der Waals surface area contributed by atoms with Gasteiger partial charge in [0, 0.05) is 10.3 Å². The summed E-state index contributed by atoms with van der Waals surface area (Å²) in [6, 6.07) is 0. The summed E-state index contributed by atoms with van der Waals surface area (Å²) in [4.78, 5) is 0. The molecule has 2 rings (SSSR count). The molecule has 0 aromatic carbocycles. The maximum atomic E-state index is 2.46. The molecule has 0 fully saturated rings. The summed E-state index contributed by atoms with van der Waals surface area (Å²) in [6.07, 6.45) is 1.27. The van der Waals surface area contributed by atoms with E-state index in [2.05, 4.69) is 55.4 Å². The number of allylic oxidation sites excluding steroid dienone is 4. The number of rotatable bonds is 2. The maximum absolute atomic E-state index is 2.46. The van der Waals surface area contributed by atoms with Crippen molar-refractivity contribution in [1.29, 1.82) is 0 Å². The van der Waals surface area contributed by atoms with E-state index in [-0.39, 0.29) is 0 Å². The predicted octanol–water partition coefficient (Wildman–Crippen LogP) is 5.87. The molecule has 0 N–H and O–H groups in total. The third-order valence-corrected chi connectivity index (χ3v) is 8.66. The van der Waals surface area contributed by atoms with Crippen LogP contribution in [0.2, 0.25) is 0 Å². The van der Waals surface area contributed by atoms with Gasteiger partial charge in [0.25, 0.3) is 0 Å². The molecule has 0 aromatic heterocycles. The molecule has 2 aliphatic heterocycles. The highest BCUT2D eigenvalue weighted by Gasteiger charge is 2.41. The van der Waals surface area contributed by atoms with Crippen molar-refractivity contribution in [3.05, 3.63) is 22.3 Å². The second kappa shape index (κ2) is 4.68. The zero-order valence-electron chi connectivity index (χ0n) is 13.6. The first kappa shape index (κ1) is 15.2. The van der Waals surface area contributed by atoms with Crippen molar-refractivity contribution in [1.82, 2.24) is 0 Å². The fraction of sp³-hybridized carbons (Fsp3) is 0.647. The van der Waals surface area contributed by atoms with Gasteiger partial charge in [0.2, 0.25) is 0 Å². The van der Waals surface area contributed by atoms with E-state index in [1.165, 1.54) is 22.8 Å². The summed E-state index contributed by atoms with van der Waals surface area (Å²) in [5.74, 6) is 0. The SMILES string of the molecule is CC1=PC(C)(CC2(C)P=C(C)C(C)=C2C)C(C)=C1C. The van der Waals surface area contributed by atoms with E-state index in [9.17, 15) is 0 Å². The average molecular weight is 292 g/mol. The fourth-order valence-electron chi connectivity index (χ4n) is 3.44. The summed E-state index contributed by atoms with van der Waals surface area (Å²) in [7, 11) is 3.05. The van der Waals surface area contributed by atoms with Crippen molar-refractivity contribution in [2.24, 2.45) is 0 Å². The Bertz CT molecular complexity index is 510. The van der Waals surface area contributed by atoms with Gasteiger partial charge in [-0.2, -0.15) is 0 Å². The largest absolute Gasteiger partial charge is 0.0899 e. The van der Waals surface area contributed by atoms with Gasteiger partial charge in [-0.3, -0.25) is 0 Å². The highest BCUT2D eigenvalue weighted by Crippen LogP contribution is 2.54. The first-order valence-corrected chi connectivity index (χ1v) is 8.89. The van der Waals surface area contributed by atoms with Gasteiger partial charge in [0.1, 0.15) is 0 Å². The van der Waals surface area contributed by atoms with Crippen molar-refractivity contribution in [2.75, 3.05) is 0 Å². The van der Waals surface area contributed by atoms with Crippen LogP contribution in [-0.2, 0) is 0 Å². The average Bonchev–Trinajstić information content (AvgIpc) is 2.61. The lowest BCUT2D eigenvalue weighted by molar-refractivity contribution is 0.572. The topological polar surface area (TPSA) is 0 Å². The molecular weight excluding hydrogens is 266 g/mol. The summed E-state index contributed by atoms with van der Waals surface area (Å²) in [6.45, 7) is 18.8. The van der Waals surface area contributed by atoms with Gasteiger partial charge in [0.15, 0.2) is 0 Å². The highest BCUT2D eigenvalue weighted by molar-refractivity contribution is 7.45. The Labute approximate surface area is 122 Å². The van der Waals surface area contributed by atoms with Crippen LogP contribution in [-0.4, -0.2) is 20.9 Å². The molecule has 0 spiro atoms.